The molecule has 150 valence electrons. The number of ether oxygens (including phenoxy) is 3. The average Bonchev–Trinajstić information content (AvgIpc) is 3.05. The molecule has 6 heteroatoms. The molecule has 0 bridgehead atoms. The number of alkyl carbamates (subject to hydrolysis) is 1. The van der Waals surface area contributed by atoms with Crippen molar-refractivity contribution in [3.8, 4) is 11.1 Å². The molecule has 0 aromatic heterocycles. The maximum atomic E-state index is 12.0. The number of fused-ring (bicyclic) bond motifs is 3. The van der Waals surface area contributed by atoms with Crippen LogP contribution in [0.4, 0.5) is 4.79 Å². The highest BCUT2D eigenvalue weighted by atomic mass is 16.5. The molecule has 0 heterocycles. The van der Waals surface area contributed by atoms with E-state index in [0.717, 1.165) is 0 Å². The second-order valence-corrected chi connectivity index (χ2v) is 6.55. The SMILES string of the molecule is O=C(NCCCOCCOCCO)OCC1c2ccccc2-c2ccccc21. The Balaban J connectivity index is 1.37. The highest BCUT2D eigenvalue weighted by Crippen LogP contribution is 2.44. The number of hydrogen-bond acceptors (Lipinski definition) is 5. The van der Waals surface area contributed by atoms with Crippen molar-refractivity contribution in [2.24, 2.45) is 0 Å². The first kappa shape index (κ1) is 20.3. The number of aliphatic hydroxyl groups is 1. The lowest BCUT2D eigenvalue weighted by Crippen LogP contribution is -2.27. The largest absolute Gasteiger partial charge is 0.449 e. The molecule has 6 nitrogen and oxygen atoms in total. The zero-order valence-corrected chi connectivity index (χ0v) is 15.9. The first-order valence-corrected chi connectivity index (χ1v) is 9.66. The topological polar surface area (TPSA) is 77.0 Å². The summed E-state index contributed by atoms with van der Waals surface area (Å²) in [5, 5.41) is 11.3. The van der Waals surface area contributed by atoms with Gasteiger partial charge in [-0.2, -0.15) is 0 Å². The molecule has 3 rings (SSSR count). The van der Waals surface area contributed by atoms with Gasteiger partial charge in [-0.1, -0.05) is 48.5 Å². The van der Waals surface area contributed by atoms with Crippen LogP contribution in [-0.4, -0.2) is 57.4 Å². The van der Waals surface area contributed by atoms with Gasteiger partial charge in [0.25, 0.3) is 0 Å². The monoisotopic (exact) mass is 385 g/mol. The van der Waals surface area contributed by atoms with E-state index in [1.807, 2.05) is 24.3 Å². The maximum Gasteiger partial charge on any atom is 0.407 e. The van der Waals surface area contributed by atoms with E-state index in [9.17, 15) is 4.79 Å². The lowest BCUT2D eigenvalue weighted by molar-refractivity contribution is 0.0325. The summed E-state index contributed by atoms with van der Waals surface area (Å²) in [6, 6.07) is 16.5. The predicted molar refractivity (Wildman–Crippen MR) is 106 cm³/mol. The van der Waals surface area contributed by atoms with E-state index < -0.39 is 6.09 Å². The first-order chi connectivity index (χ1) is 13.8. The van der Waals surface area contributed by atoms with Gasteiger partial charge in [-0.05, 0) is 28.7 Å². The molecule has 0 aliphatic heterocycles. The van der Waals surface area contributed by atoms with Crippen molar-refractivity contribution >= 4 is 6.09 Å². The lowest BCUT2D eigenvalue weighted by Gasteiger charge is -2.14. The summed E-state index contributed by atoms with van der Waals surface area (Å²) in [6.07, 6.45) is 0.289. The molecule has 28 heavy (non-hydrogen) atoms. The van der Waals surface area contributed by atoms with E-state index in [1.165, 1.54) is 22.3 Å². The summed E-state index contributed by atoms with van der Waals surface area (Å²) >= 11 is 0. The van der Waals surface area contributed by atoms with Crippen molar-refractivity contribution in [2.75, 3.05) is 46.2 Å². The molecule has 0 radical (unpaired) electrons. The molecule has 2 aromatic rings. The fraction of sp³-hybridized carbons (Fsp3) is 0.409. The zero-order chi connectivity index (χ0) is 19.6. The molecule has 0 spiro atoms. The van der Waals surface area contributed by atoms with Crippen molar-refractivity contribution in [1.82, 2.24) is 5.32 Å². The van der Waals surface area contributed by atoms with Crippen molar-refractivity contribution in [2.45, 2.75) is 12.3 Å². The molecule has 2 N–H and O–H groups in total. The molecule has 1 amide bonds. The van der Waals surface area contributed by atoms with E-state index in [4.69, 9.17) is 19.3 Å². The van der Waals surface area contributed by atoms with Crippen LogP contribution in [0, 0.1) is 0 Å². The van der Waals surface area contributed by atoms with Gasteiger partial charge in [0.05, 0.1) is 26.4 Å². The Kier molecular flexibility index (Phi) is 7.84. The highest BCUT2D eigenvalue weighted by Gasteiger charge is 2.28. The molecule has 0 saturated heterocycles. The van der Waals surface area contributed by atoms with Crippen LogP contribution in [0.2, 0.25) is 0 Å². The number of carbonyl (C=O) groups excluding carboxylic acids is 1. The Morgan fingerprint density at radius 1 is 0.893 bits per heavy atom. The van der Waals surface area contributed by atoms with Crippen molar-refractivity contribution < 1.29 is 24.1 Å². The smallest absolute Gasteiger partial charge is 0.407 e. The summed E-state index contributed by atoms with van der Waals surface area (Å²) < 4.78 is 16.0. The summed E-state index contributed by atoms with van der Waals surface area (Å²) in [5.74, 6) is 0.0698. The van der Waals surface area contributed by atoms with Gasteiger partial charge >= 0.3 is 6.09 Å². The number of amides is 1. The van der Waals surface area contributed by atoms with E-state index in [0.29, 0.717) is 46.0 Å². The predicted octanol–water partition coefficient (Wildman–Crippen LogP) is 2.94. The quantitative estimate of drug-likeness (QED) is 0.582. The van der Waals surface area contributed by atoms with Crippen LogP contribution >= 0.6 is 0 Å². The van der Waals surface area contributed by atoms with E-state index in [-0.39, 0.29) is 12.5 Å². The van der Waals surface area contributed by atoms with Gasteiger partial charge < -0.3 is 24.6 Å². The molecule has 0 unspecified atom stereocenters. The zero-order valence-electron chi connectivity index (χ0n) is 15.9. The summed E-state index contributed by atoms with van der Waals surface area (Å²) in [5.41, 5.74) is 4.83. The van der Waals surface area contributed by atoms with E-state index in [2.05, 4.69) is 29.6 Å². The molecule has 1 aliphatic rings. The summed E-state index contributed by atoms with van der Waals surface area (Å²) in [6.45, 7) is 2.63. The number of rotatable bonds is 11. The fourth-order valence-electron chi connectivity index (χ4n) is 3.40. The van der Waals surface area contributed by atoms with Gasteiger partial charge in [0, 0.05) is 19.1 Å². The Labute approximate surface area is 165 Å². The maximum absolute atomic E-state index is 12.0. The van der Waals surface area contributed by atoms with Gasteiger partial charge in [-0.25, -0.2) is 4.79 Å². The lowest BCUT2D eigenvalue weighted by atomic mass is 9.98. The Bertz CT molecular complexity index is 719. The molecular weight excluding hydrogens is 358 g/mol. The third kappa shape index (κ3) is 5.32. The van der Waals surface area contributed by atoms with Gasteiger partial charge in [-0.15, -0.1) is 0 Å². The molecule has 0 fully saturated rings. The number of nitrogens with one attached hydrogen (secondary N) is 1. The van der Waals surface area contributed by atoms with Gasteiger partial charge in [0.2, 0.25) is 0 Å². The van der Waals surface area contributed by atoms with E-state index in [1.54, 1.807) is 0 Å². The molecular formula is C22H27NO5. The minimum absolute atomic E-state index is 0.0179. The van der Waals surface area contributed by atoms with Crippen LogP contribution in [0.5, 0.6) is 0 Å². The number of hydrogen-bond donors (Lipinski definition) is 2. The summed E-state index contributed by atoms with van der Waals surface area (Å²) in [4.78, 5) is 12.0. The van der Waals surface area contributed by atoms with Gasteiger partial charge in [-0.3, -0.25) is 0 Å². The minimum atomic E-state index is -0.409. The van der Waals surface area contributed by atoms with Crippen molar-refractivity contribution in [3.05, 3.63) is 59.7 Å². The second-order valence-electron chi connectivity index (χ2n) is 6.55. The Morgan fingerprint density at radius 3 is 2.14 bits per heavy atom. The fourth-order valence-corrected chi connectivity index (χ4v) is 3.40. The Morgan fingerprint density at radius 2 is 1.50 bits per heavy atom. The van der Waals surface area contributed by atoms with Crippen molar-refractivity contribution in [1.29, 1.82) is 0 Å². The standard InChI is InChI=1S/C22H27NO5/c24-11-13-27-15-14-26-12-5-10-23-22(25)28-16-21-19-8-3-1-6-17(19)18-7-2-4-9-20(18)21/h1-4,6-9,21,24H,5,10-16H2,(H,23,25). The average molecular weight is 385 g/mol. The van der Waals surface area contributed by atoms with Crippen LogP contribution < -0.4 is 5.32 Å². The number of aliphatic hydroxyl groups excluding tert-OH is 1. The van der Waals surface area contributed by atoms with Crippen LogP contribution in [0.15, 0.2) is 48.5 Å². The van der Waals surface area contributed by atoms with Crippen LogP contribution in [0.25, 0.3) is 11.1 Å². The Hall–Kier alpha value is -2.41. The highest BCUT2D eigenvalue weighted by molar-refractivity contribution is 5.79. The molecule has 1 aliphatic carbocycles. The molecule has 0 atom stereocenters. The van der Waals surface area contributed by atoms with E-state index >= 15 is 0 Å². The third-order valence-corrected chi connectivity index (χ3v) is 4.69. The van der Waals surface area contributed by atoms with Crippen molar-refractivity contribution in [3.63, 3.8) is 0 Å². The minimum Gasteiger partial charge on any atom is -0.449 e. The number of carbonyl (C=O) groups is 1. The van der Waals surface area contributed by atoms with Crippen LogP contribution in [-0.2, 0) is 14.2 Å². The third-order valence-electron chi connectivity index (χ3n) is 4.69. The molecule has 2 aromatic carbocycles. The second kappa shape index (κ2) is 10.8. The molecule has 0 saturated carbocycles. The van der Waals surface area contributed by atoms with Gasteiger partial charge in [0.15, 0.2) is 0 Å². The summed E-state index contributed by atoms with van der Waals surface area (Å²) in [7, 11) is 0. The van der Waals surface area contributed by atoms with Crippen LogP contribution in [0.3, 0.4) is 0 Å². The first-order valence-electron chi connectivity index (χ1n) is 9.66. The van der Waals surface area contributed by atoms with Crippen LogP contribution in [0.1, 0.15) is 23.5 Å². The number of benzene rings is 2. The van der Waals surface area contributed by atoms with Gasteiger partial charge in [0.1, 0.15) is 6.61 Å². The normalized spacial score (nSPS) is 12.5.